The number of hydrogen-bond donors (Lipinski definition) is 1. The molecule has 0 unspecified atom stereocenters. The van der Waals surface area contributed by atoms with Gasteiger partial charge in [-0.15, -0.1) is 0 Å². The van der Waals surface area contributed by atoms with E-state index in [2.05, 4.69) is 15.3 Å². The van der Waals surface area contributed by atoms with Crippen LogP contribution in [0.15, 0.2) is 54.9 Å². The second-order valence-electron chi connectivity index (χ2n) is 5.64. The molecule has 1 heterocycles. The van der Waals surface area contributed by atoms with Crippen molar-refractivity contribution in [1.29, 1.82) is 0 Å². The largest absolute Gasteiger partial charge is 0.481 e. The molecule has 1 aromatic heterocycles. The predicted molar refractivity (Wildman–Crippen MR) is 92.7 cm³/mol. The van der Waals surface area contributed by atoms with E-state index in [0.29, 0.717) is 18.0 Å². The highest BCUT2D eigenvalue weighted by Crippen LogP contribution is 2.21. The number of benzene rings is 2. The van der Waals surface area contributed by atoms with E-state index in [1.165, 1.54) is 0 Å². The first-order valence-corrected chi connectivity index (χ1v) is 7.82. The Morgan fingerprint density at radius 3 is 2.67 bits per heavy atom. The van der Waals surface area contributed by atoms with Gasteiger partial charge in [-0.2, -0.15) is 0 Å². The van der Waals surface area contributed by atoms with E-state index in [-0.39, 0.29) is 5.91 Å². The van der Waals surface area contributed by atoms with Gasteiger partial charge in [0.25, 0.3) is 5.91 Å². The average Bonchev–Trinajstić information content (AvgIpc) is 2.61. The summed E-state index contributed by atoms with van der Waals surface area (Å²) in [5, 5.41) is 5.03. The molecule has 0 fully saturated rings. The van der Waals surface area contributed by atoms with Crippen molar-refractivity contribution >= 4 is 16.7 Å². The van der Waals surface area contributed by atoms with Gasteiger partial charge in [0.15, 0.2) is 6.10 Å². The lowest BCUT2D eigenvalue weighted by atomic mass is 10.1. The molecule has 0 aliphatic carbocycles. The first kappa shape index (κ1) is 15.9. The van der Waals surface area contributed by atoms with Crippen LogP contribution in [-0.2, 0) is 11.3 Å². The van der Waals surface area contributed by atoms with Gasteiger partial charge in [0.1, 0.15) is 5.75 Å². The molecule has 1 amide bonds. The Hall–Kier alpha value is -2.95. The summed E-state index contributed by atoms with van der Waals surface area (Å²) in [4.78, 5) is 20.5. The van der Waals surface area contributed by atoms with E-state index < -0.39 is 6.10 Å². The first-order valence-electron chi connectivity index (χ1n) is 7.82. The molecule has 0 bridgehead atoms. The van der Waals surface area contributed by atoms with Crippen molar-refractivity contribution in [3.05, 3.63) is 66.2 Å². The van der Waals surface area contributed by atoms with Crippen molar-refractivity contribution in [2.24, 2.45) is 0 Å². The van der Waals surface area contributed by atoms with Crippen LogP contribution < -0.4 is 10.1 Å². The third kappa shape index (κ3) is 3.87. The number of nitrogens with one attached hydrogen (secondary N) is 1. The number of carbonyl (C=O) groups is 1. The SMILES string of the molecule is Cc1cnc(CNC(=O)[C@H](C)Oc2ccc3ccccc3c2)cn1. The van der Waals surface area contributed by atoms with Crippen LogP contribution in [0.4, 0.5) is 0 Å². The lowest BCUT2D eigenvalue weighted by molar-refractivity contribution is -0.127. The summed E-state index contributed by atoms with van der Waals surface area (Å²) < 4.78 is 5.74. The Bertz CT molecular complexity index is 847. The maximum Gasteiger partial charge on any atom is 0.261 e. The second kappa shape index (κ2) is 7.08. The Morgan fingerprint density at radius 2 is 1.92 bits per heavy atom. The Morgan fingerprint density at radius 1 is 1.12 bits per heavy atom. The van der Waals surface area contributed by atoms with E-state index >= 15 is 0 Å². The smallest absolute Gasteiger partial charge is 0.261 e. The fraction of sp³-hybridized carbons (Fsp3) is 0.211. The summed E-state index contributed by atoms with van der Waals surface area (Å²) in [6.07, 6.45) is 2.74. The Labute approximate surface area is 140 Å². The minimum Gasteiger partial charge on any atom is -0.481 e. The molecule has 3 aromatic rings. The van der Waals surface area contributed by atoms with Crippen LogP contribution in [0.25, 0.3) is 10.8 Å². The highest BCUT2D eigenvalue weighted by Gasteiger charge is 2.14. The molecule has 24 heavy (non-hydrogen) atoms. The van der Waals surface area contributed by atoms with Crippen molar-refractivity contribution < 1.29 is 9.53 Å². The van der Waals surface area contributed by atoms with Crippen molar-refractivity contribution in [2.45, 2.75) is 26.5 Å². The van der Waals surface area contributed by atoms with E-state index in [9.17, 15) is 4.79 Å². The molecule has 0 saturated heterocycles. The number of amides is 1. The zero-order valence-electron chi connectivity index (χ0n) is 13.7. The molecule has 1 N–H and O–H groups in total. The van der Waals surface area contributed by atoms with Crippen molar-refractivity contribution in [2.75, 3.05) is 0 Å². The molecule has 2 aromatic carbocycles. The summed E-state index contributed by atoms with van der Waals surface area (Å²) in [6, 6.07) is 13.8. The molecule has 0 spiro atoms. The predicted octanol–water partition coefficient (Wildman–Crippen LogP) is 3.02. The summed E-state index contributed by atoms with van der Waals surface area (Å²) >= 11 is 0. The van der Waals surface area contributed by atoms with Gasteiger partial charge in [-0.3, -0.25) is 14.8 Å². The summed E-state index contributed by atoms with van der Waals surface area (Å²) in [6.45, 7) is 3.93. The summed E-state index contributed by atoms with van der Waals surface area (Å²) in [7, 11) is 0. The van der Waals surface area contributed by atoms with E-state index in [1.54, 1.807) is 19.3 Å². The van der Waals surface area contributed by atoms with Gasteiger partial charge in [-0.25, -0.2) is 0 Å². The Kier molecular flexibility index (Phi) is 4.70. The minimum absolute atomic E-state index is 0.189. The van der Waals surface area contributed by atoms with Gasteiger partial charge in [-0.05, 0) is 36.8 Å². The van der Waals surface area contributed by atoms with Gasteiger partial charge in [0.05, 0.1) is 24.1 Å². The highest BCUT2D eigenvalue weighted by atomic mass is 16.5. The van der Waals surface area contributed by atoms with Crippen LogP contribution in [0.1, 0.15) is 18.3 Å². The Balaban J connectivity index is 1.59. The third-order valence-electron chi connectivity index (χ3n) is 3.68. The summed E-state index contributed by atoms with van der Waals surface area (Å²) in [5.74, 6) is 0.483. The first-order chi connectivity index (χ1) is 11.6. The van der Waals surface area contributed by atoms with E-state index in [4.69, 9.17) is 4.74 Å². The summed E-state index contributed by atoms with van der Waals surface area (Å²) in [5.41, 5.74) is 1.56. The maximum absolute atomic E-state index is 12.2. The molecule has 122 valence electrons. The monoisotopic (exact) mass is 321 g/mol. The number of aromatic nitrogens is 2. The van der Waals surface area contributed by atoms with E-state index in [0.717, 1.165) is 16.5 Å². The molecule has 0 aliphatic rings. The average molecular weight is 321 g/mol. The van der Waals surface area contributed by atoms with Crippen LogP contribution in [0.5, 0.6) is 5.75 Å². The molecule has 5 nitrogen and oxygen atoms in total. The quantitative estimate of drug-likeness (QED) is 0.784. The number of fused-ring (bicyclic) bond motifs is 1. The van der Waals surface area contributed by atoms with Crippen molar-refractivity contribution in [3.63, 3.8) is 0 Å². The van der Waals surface area contributed by atoms with Crippen LogP contribution in [-0.4, -0.2) is 22.0 Å². The molecular weight excluding hydrogens is 302 g/mol. The molecule has 0 saturated carbocycles. The number of rotatable bonds is 5. The molecular formula is C19H19N3O2. The van der Waals surface area contributed by atoms with Gasteiger partial charge >= 0.3 is 0 Å². The molecule has 5 heteroatoms. The molecule has 0 radical (unpaired) electrons. The number of nitrogens with zero attached hydrogens (tertiary/aromatic N) is 2. The zero-order valence-corrected chi connectivity index (χ0v) is 13.7. The van der Waals surface area contributed by atoms with Crippen LogP contribution in [0.2, 0.25) is 0 Å². The highest BCUT2D eigenvalue weighted by molar-refractivity contribution is 5.84. The van der Waals surface area contributed by atoms with Crippen LogP contribution in [0, 0.1) is 6.92 Å². The lowest BCUT2D eigenvalue weighted by Gasteiger charge is -2.15. The van der Waals surface area contributed by atoms with Crippen molar-refractivity contribution in [3.8, 4) is 5.75 Å². The molecule has 1 atom stereocenters. The number of ether oxygens (including phenoxy) is 1. The van der Waals surface area contributed by atoms with Crippen molar-refractivity contribution in [1.82, 2.24) is 15.3 Å². The van der Waals surface area contributed by atoms with E-state index in [1.807, 2.05) is 49.4 Å². The van der Waals surface area contributed by atoms with Crippen LogP contribution in [0.3, 0.4) is 0 Å². The van der Waals surface area contributed by atoms with Gasteiger partial charge in [-0.1, -0.05) is 30.3 Å². The van der Waals surface area contributed by atoms with Gasteiger partial charge in [0.2, 0.25) is 0 Å². The molecule has 3 rings (SSSR count). The third-order valence-corrected chi connectivity index (χ3v) is 3.68. The maximum atomic E-state index is 12.2. The minimum atomic E-state index is -0.593. The fourth-order valence-electron chi connectivity index (χ4n) is 2.33. The second-order valence-corrected chi connectivity index (χ2v) is 5.64. The van der Waals surface area contributed by atoms with Gasteiger partial charge in [0, 0.05) is 6.20 Å². The lowest BCUT2D eigenvalue weighted by Crippen LogP contribution is -2.36. The molecule has 0 aliphatic heterocycles. The van der Waals surface area contributed by atoms with Gasteiger partial charge < -0.3 is 10.1 Å². The number of aryl methyl sites for hydroxylation is 1. The van der Waals surface area contributed by atoms with Crippen LogP contribution >= 0.6 is 0 Å². The standard InChI is InChI=1S/C19H19N3O2/c1-13-10-21-17(11-20-13)12-22-19(23)14(2)24-18-8-7-15-5-3-4-6-16(15)9-18/h3-11,14H,12H2,1-2H3,(H,22,23)/t14-/m0/s1. The topological polar surface area (TPSA) is 64.1 Å². The number of hydrogen-bond acceptors (Lipinski definition) is 4. The number of carbonyl (C=O) groups excluding carboxylic acids is 1. The fourth-order valence-corrected chi connectivity index (χ4v) is 2.33. The normalized spacial score (nSPS) is 11.9. The zero-order chi connectivity index (χ0) is 16.9.